The van der Waals surface area contributed by atoms with E-state index < -0.39 is 21.9 Å². The first-order chi connectivity index (χ1) is 9.79. The van der Waals surface area contributed by atoms with Gasteiger partial charge in [0.15, 0.2) is 0 Å². The van der Waals surface area contributed by atoms with Crippen LogP contribution in [0.15, 0.2) is 24.3 Å². The summed E-state index contributed by atoms with van der Waals surface area (Å²) in [5, 5.41) is 11.1. The smallest absolute Gasteiger partial charge is 0.303 e. The first kappa shape index (κ1) is 17.0. The molecule has 0 aromatic heterocycles. The van der Waals surface area contributed by atoms with Crippen LogP contribution in [-0.4, -0.2) is 38.2 Å². The maximum atomic E-state index is 12.0. The molecule has 0 bridgehead atoms. The molecule has 7 nitrogen and oxygen atoms in total. The summed E-state index contributed by atoms with van der Waals surface area (Å²) in [6.45, 7) is 0.333. The molecule has 1 aromatic carbocycles. The van der Waals surface area contributed by atoms with Crippen LogP contribution in [0.2, 0.25) is 0 Å². The predicted octanol–water partition coefficient (Wildman–Crippen LogP) is 1.04. The van der Waals surface area contributed by atoms with Crippen molar-refractivity contribution < 1.29 is 23.1 Å². The zero-order valence-electron chi connectivity index (χ0n) is 11.6. The fourth-order valence-corrected chi connectivity index (χ4v) is 2.25. The monoisotopic (exact) mass is 314 g/mol. The molecule has 0 unspecified atom stereocenters. The molecule has 0 aliphatic rings. The number of amides is 1. The van der Waals surface area contributed by atoms with Gasteiger partial charge in [0.05, 0.1) is 17.5 Å². The van der Waals surface area contributed by atoms with E-state index in [0.29, 0.717) is 19.4 Å². The van der Waals surface area contributed by atoms with Gasteiger partial charge in [-0.2, -0.15) is 0 Å². The summed E-state index contributed by atoms with van der Waals surface area (Å²) in [5.41, 5.74) is 0.434. The molecule has 0 spiro atoms. The highest BCUT2D eigenvalue weighted by molar-refractivity contribution is 7.92. The number of hydrogen-bond donors (Lipinski definition) is 3. The average molecular weight is 314 g/mol. The SMILES string of the molecule is CS(=O)(=O)Nc1ccccc1C(=O)NCCCCC(=O)O. The molecule has 0 aliphatic heterocycles. The summed E-state index contributed by atoms with van der Waals surface area (Å²) >= 11 is 0. The van der Waals surface area contributed by atoms with E-state index >= 15 is 0 Å². The first-order valence-corrected chi connectivity index (χ1v) is 8.25. The van der Waals surface area contributed by atoms with Crippen LogP contribution in [0.25, 0.3) is 0 Å². The van der Waals surface area contributed by atoms with Gasteiger partial charge in [-0.15, -0.1) is 0 Å². The lowest BCUT2D eigenvalue weighted by molar-refractivity contribution is -0.137. The van der Waals surface area contributed by atoms with Crippen LogP contribution < -0.4 is 10.0 Å². The Morgan fingerprint density at radius 3 is 2.48 bits per heavy atom. The third kappa shape index (κ3) is 6.75. The van der Waals surface area contributed by atoms with Crippen LogP contribution in [0.1, 0.15) is 29.6 Å². The van der Waals surface area contributed by atoms with Crippen LogP contribution in [0.3, 0.4) is 0 Å². The number of carboxylic acids is 1. The number of carboxylic acid groups (broad SMARTS) is 1. The molecule has 0 atom stereocenters. The highest BCUT2D eigenvalue weighted by Gasteiger charge is 2.13. The fraction of sp³-hybridized carbons (Fsp3) is 0.385. The average Bonchev–Trinajstić information content (AvgIpc) is 2.36. The minimum absolute atomic E-state index is 0.0576. The van der Waals surface area contributed by atoms with E-state index in [1.807, 2.05) is 0 Å². The van der Waals surface area contributed by atoms with Gasteiger partial charge in [0, 0.05) is 13.0 Å². The largest absolute Gasteiger partial charge is 0.481 e. The van der Waals surface area contributed by atoms with Gasteiger partial charge in [0.25, 0.3) is 5.91 Å². The number of para-hydroxylation sites is 1. The van der Waals surface area contributed by atoms with Gasteiger partial charge in [0.2, 0.25) is 10.0 Å². The zero-order chi connectivity index (χ0) is 15.9. The molecule has 21 heavy (non-hydrogen) atoms. The zero-order valence-corrected chi connectivity index (χ0v) is 12.4. The first-order valence-electron chi connectivity index (χ1n) is 6.36. The minimum atomic E-state index is -3.47. The van der Waals surface area contributed by atoms with Crippen molar-refractivity contribution in [1.82, 2.24) is 5.32 Å². The van der Waals surface area contributed by atoms with Crippen molar-refractivity contribution in [2.24, 2.45) is 0 Å². The van der Waals surface area contributed by atoms with Gasteiger partial charge in [-0.05, 0) is 25.0 Å². The Balaban J connectivity index is 2.60. The third-order valence-electron chi connectivity index (χ3n) is 2.57. The number of benzene rings is 1. The van der Waals surface area contributed by atoms with E-state index in [1.54, 1.807) is 12.1 Å². The quantitative estimate of drug-likeness (QED) is 0.621. The van der Waals surface area contributed by atoms with Crippen molar-refractivity contribution in [3.63, 3.8) is 0 Å². The number of sulfonamides is 1. The Morgan fingerprint density at radius 1 is 1.19 bits per heavy atom. The summed E-state index contributed by atoms with van der Waals surface area (Å²) in [6.07, 6.45) is 2.08. The van der Waals surface area contributed by atoms with Crippen molar-refractivity contribution in [3.05, 3.63) is 29.8 Å². The summed E-state index contributed by atoms with van der Waals surface area (Å²) in [6, 6.07) is 6.27. The number of carbonyl (C=O) groups is 2. The van der Waals surface area contributed by atoms with Gasteiger partial charge in [0.1, 0.15) is 0 Å². The van der Waals surface area contributed by atoms with Crippen LogP contribution in [0.5, 0.6) is 0 Å². The summed E-state index contributed by atoms with van der Waals surface area (Å²) < 4.78 is 24.8. The van der Waals surface area contributed by atoms with Gasteiger partial charge >= 0.3 is 5.97 Å². The number of nitrogens with one attached hydrogen (secondary N) is 2. The van der Waals surface area contributed by atoms with Crippen LogP contribution in [0.4, 0.5) is 5.69 Å². The third-order valence-corrected chi connectivity index (χ3v) is 3.16. The van der Waals surface area contributed by atoms with Crippen molar-refractivity contribution in [1.29, 1.82) is 0 Å². The van der Waals surface area contributed by atoms with E-state index in [-0.39, 0.29) is 17.7 Å². The molecule has 3 N–H and O–H groups in total. The number of aliphatic carboxylic acids is 1. The predicted molar refractivity (Wildman–Crippen MR) is 78.7 cm³/mol. The highest BCUT2D eigenvalue weighted by atomic mass is 32.2. The molecule has 0 radical (unpaired) electrons. The van der Waals surface area contributed by atoms with Crippen molar-refractivity contribution in [3.8, 4) is 0 Å². The molecule has 1 aromatic rings. The minimum Gasteiger partial charge on any atom is -0.481 e. The molecule has 0 saturated carbocycles. The summed E-state index contributed by atoms with van der Waals surface area (Å²) in [7, 11) is -3.47. The van der Waals surface area contributed by atoms with Gasteiger partial charge in [-0.25, -0.2) is 8.42 Å². The Bertz CT molecular complexity index is 613. The molecule has 0 aliphatic carbocycles. The Kier molecular flexibility index (Phi) is 6.16. The van der Waals surface area contributed by atoms with Crippen molar-refractivity contribution in [2.45, 2.75) is 19.3 Å². The number of unbranched alkanes of at least 4 members (excludes halogenated alkanes) is 1. The normalized spacial score (nSPS) is 10.9. The van der Waals surface area contributed by atoms with E-state index in [4.69, 9.17) is 5.11 Å². The molecule has 0 fully saturated rings. The van der Waals surface area contributed by atoms with Gasteiger partial charge < -0.3 is 10.4 Å². The molecule has 116 valence electrons. The molecule has 1 rings (SSSR count). The van der Waals surface area contributed by atoms with E-state index in [9.17, 15) is 18.0 Å². The number of rotatable bonds is 8. The molecule has 1 amide bonds. The maximum Gasteiger partial charge on any atom is 0.303 e. The number of carbonyl (C=O) groups excluding carboxylic acids is 1. The van der Waals surface area contributed by atoms with Crippen LogP contribution in [-0.2, 0) is 14.8 Å². The lowest BCUT2D eigenvalue weighted by Crippen LogP contribution is -2.26. The van der Waals surface area contributed by atoms with E-state index in [0.717, 1.165) is 6.26 Å². The van der Waals surface area contributed by atoms with Gasteiger partial charge in [-0.1, -0.05) is 12.1 Å². The molecular formula is C13H18N2O5S. The van der Waals surface area contributed by atoms with Crippen molar-refractivity contribution in [2.75, 3.05) is 17.5 Å². The Labute approximate surface area is 123 Å². The second-order valence-electron chi connectivity index (χ2n) is 4.53. The van der Waals surface area contributed by atoms with E-state index in [2.05, 4.69) is 10.0 Å². The second kappa shape index (κ2) is 7.63. The number of anilines is 1. The molecule has 8 heteroatoms. The number of hydrogen-bond acceptors (Lipinski definition) is 4. The summed E-state index contributed by atoms with van der Waals surface area (Å²) in [4.78, 5) is 22.3. The molecule has 0 heterocycles. The van der Waals surface area contributed by atoms with Crippen LogP contribution >= 0.6 is 0 Å². The highest BCUT2D eigenvalue weighted by Crippen LogP contribution is 2.16. The van der Waals surface area contributed by atoms with Gasteiger partial charge in [-0.3, -0.25) is 14.3 Å². The lowest BCUT2D eigenvalue weighted by Gasteiger charge is -2.10. The Morgan fingerprint density at radius 2 is 1.86 bits per heavy atom. The summed E-state index contributed by atoms with van der Waals surface area (Å²) in [5.74, 6) is -1.28. The second-order valence-corrected chi connectivity index (χ2v) is 6.28. The topological polar surface area (TPSA) is 113 Å². The van der Waals surface area contributed by atoms with Crippen molar-refractivity contribution >= 4 is 27.6 Å². The maximum absolute atomic E-state index is 12.0. The molecule has 0 saturated heterocycles. The van der Waals surface area contributed by atoms with E-state index in [1.165, 1.54) is 12.1 Å². The Hall–Kier alpha value is -2.09. The molecular weight excluding hydrogens is 296 g/mol. The standard InChI is InChI=1S/C13H18N2O5S/c1-21(19,20)15-11-7-3-2-6-10(11)13(18)14-9-5-4-8-12(16)17/h2-3,6-7,15H,4-5,8-9H2,1H3,(H,14,18)(H,16,17). The fourth-order valence-electron chi connectivity index (χ4n) is 1.67. The lowest BCUT2D eigenvalue weighted by atomic mass is 10.1. The van der Waals surface area contributed by atoms with Crippen LogP contribution in [0, 0.1) is 0 Å².